The van der Waals surface area contributed by atoms with Crippen molar-refractivity contribution in [1.82, 2.24) is 0 Å². The fraction of sp³-hybridized carbons (Fsp3) is 0.800. The molecule has 0 heterocycles. The van der Waals surface area contributed by atoms with Crippen LogP contribution in [0.25, 0.3) is 0 Å². The highest BCUT2D eigenvalue weighted by molar-refractivity contribution is 5.84. The van der Waals surface area contributed by atoms with Gasteiger partial charge in [-0.2, -0.15) is 0 Å². The minimum Gasteiger partial charge on any atom is -0.393 e. The van der Waals surface area contributed by atoms with Gasteiger partial charge in [0.1, 0.15) is 18.8 Å². The molecule has 0 aromatic carbocycles. The summed E-state index contributed by atoms with van der Waals surface area (Å²) < 4.78 is 5.21. The van der Waals surface area contributed by atoms with E-state index < -0.39 is 37.0 Å². The smallest absolute Gasteiger partial charge is 0.161 e. The number of carbonyl (C=O) groups excluding carboxylic acids is 2. The third kappa shape index (κ3) is 4.80. The molecule has 0 aliphatic heterocycles. The fourth-order valence-corrected chi connectivity index (χ4v) is 1.46. The Balaban J connectivity index is 4.69. The first kappa shape index (κ1) is 15.2. The van der Waals surface area contributed by atoms with Crippen molar-refractivity contribution in [3.8, 4) is 0 Å². The summed E-state index contributed by atoms with van der Waals surface area (Å²) in [5.74, 6) is -1.04. The summed E-state index contributed by atoms with van der Waals surface area (Å²) in [4.78, 5) is 22.2. The summed E-state index contributed by atoms with van der Waals surface area (Å²) in [5, 5.41) is 26.5. The predicted molar refractivity (Wildman–Crippen MR) is 54.9 cm³/mol. The summed E-state index contributed by atoms with van der Waals surface area (Å²) in [6.07, 6.45) is -0.501. The van der Waals surface area contributed by atoms with Crippen LogP contribution < -0.4 is 0 Å². The minimum atomic E-state index is -1.33. The zero-order valence-corrected chi connectivity index (χ0v) is 9.31. The molecular weight excluding hydrogens is 216 g/mol. The molecule has 0 fully saturated rings. The van der Waals surface area contributed by atoms with Crippen LogP contribution in [0.15, 0.2) is 0 Å². The lowest BCUT2D eigenvalue weighted by Crippen LogP contribution is -2.42. The van der Waals surface area contributed by atoms with Gasteiger partial charge < -0.3 is 20.1 Å². The van der Waals surface area contributed by atoms with Crippen molar-refractivity contribution in [2.45, 2.75) is 25.4 Å². The Hall–Kier alpha value is -0.820. The van der Waals surface area contributed by atoms with Gasteiger partial charge in [-0.05, 0) is 6.92 Å². The van der Waals surface area contributed by atoms with E-state index in [9.17, 15) is 14.7 Å². The average molecular weight is 234 g/mol. The lowest BCUT2D eigenvalue weighted by molar-refractivity contribution is -0.142. The van der Waals surface area contributed by atoms with Crippen molar-refractivity contribution in [3.05, 3.63) is 0 Å². The SMILES string of the molecule is CCOC(CO)(CC(=O)CO)CC(=O)CO. The first-order chi connectivity index (χ1) is 7.53. The number of hydrogen-bond donors (Lipinski definition) is 3. The quantitative estimate of drug-likeness (QED) is 0.456. The van der Waals surface area contributed by atoms with Gasteiger partial charge in [-0.25, -0.2) is 0 Å². The molecule has 0 aromatic heterocycles. The summed E-state index contributed by atoms with van der Waals surface area (Å²) in [7, 11) is 0. The maximum Gasteiger partial charge on any atom is 0.161 e. The van der Waals surface area contributed by atoms with E-state index in [1.54, 1.807) is 6.92 Å². The molecule has 0 radical (unpaired) electrons. The number of ketones is 2. The van der Waals surface area contributed by atoms with Gasteiger partial charge in [0.25, 0.3) is 0 Å². The van der Waals surface area contributed by atoms with Crippen LogP contribution in [0.5, 0.6) is 0 Å². The molecule has 3 N–H and O–H groups in total. The molecule has 0 aliphatic rings. The zero-order chi connectivity index (χ0) is 12.6. The van der Waals surface area contributed by atoms with E-state index in [1.165, 1.54) is 0 Å². The van der Waals surface area contributed by atoms with Gasteiger partial charge in [0.05, 0.1) is 6.61 Å². The van der Waals surface area contributed by atoms with Crippen LogP contribution in [0.1, 0.15) is 19.8 Å². The van der Waals surface area contributed by atoms with Gasteiger partial charge in [0.15, 0.2) is 11.6 Å². The van der Waals surface area contributed by atoms with E-state index in [0.717, 1.165) is 0 Å². The fourth-order valence-electron chi connectivity index (χ4n) is 1.46. The molecule has 0 bridgehead atoms. The van der Waals surface area contributed by atoms with Crippen LogP contribution >= 0.6 is 0 Å². The lowest BCUT2D eigenvalue weighted by Gasteiger charge is -2.30. The summed E-state index contributed by atoms with van der Waals surface area (Å²) >= 11 is 0. The predicted octanol–water partition coefficient (Wildman–Crippen LogP) is -1.34. The van der Waals surface area contributed by atoms with Crippen molar-refractivity contribution in [2.24, 2.45) is 0 Å². The molecule has 6 heteroatoms. The molecule has 0 rings (SSSR count). The molecule has 0 aliphatic carbocycles. The van der Waals surface area contributed by atoms with Crippen molar-refractivity contribution < 1.29 is 29.6 Å². The van der Waals surface area contributed by atoms with Crippen LogP contribution in [0.3, 0.4) is 0 Å². The van der Waals surface area contributed by atoms with Gasteiger partial charge in [0, 0.05) is 19.4 Å². The van der Waals surface area contributed by atoms with E-state index in [1.807, 2.05) is 0 Å². The van der Waals surface area contributed by atoms with Crippen LogP contribution in [0.4, 0.5) is 0 Å². The van der Waals surface area contributed by atoms with Gasteiger partial charge in [-0.15, -0.1) is 0 Å². The second-order valence-corrected chi connectivity index (χ2v) is 3.52. The van der Waals surface area contributed by atoms with E-state index in [0.29, 0.717) is 0 Å². The Morgan fingerprint density at radius 3 is 1.75 bits per heavy atom. The average Bonchev–Trinajstić information content (AvgIpc) is 2.28. The highest BCUT2D eigenvalue weighted by atomic mass is 16.5. The van der Waals surface area contributed by atoms with Crippen LogP contribution in [0.2, 0.25) is 0 Å². The Bertz CT molecular complexity index is 219. The monoisotopic (exact) mass is 234 g/mol. The molecule has 0 spiro atoms. The number of hydrogen-bond acceptors (Lipinski definition) is 6. The second kappa shape index (κ2) is 7.45. The Morgan fingerprint density at radius 2 is 1.50 bits per heavy atom. The van der Waals surface area contributed by atoms with Gasteiger partial charge in [-0.3, -0.25) is 9.59 Å². The maximum atomic E-state index is 11.1. The Kier molecular flexibility index (Phi) is 7.07. The van der Waals surface area contributed by atoms with Crippen molar-refractivity contribution in [1.29, 1.82) is 0 Å². The first-order valence-corrected chi connectivity index (χ1v) is 5.03. The molecule has 6 nitrogen and oxygen atoms in total. The van der Waals surface area contributed by atoms with Crippen LogP contribution in [-0.2, 0) is 14.3 Å². The minimum absolute atomic E-state index is 0.220. The second-order valence-electron chi connectivity index (χ2n) is 3.52. The zero-order valence-electron chi connectivity index (χ0n) is 9.31. The topological polar surface area (TPSA) is 104 Å². The van der Waals surface area contributed by atoms with Crippen LogP contribution in [-0.4, -0.2) is 58.9 Å². The lowest BCUT2D eigenvalue weighted by atomic mass is 9.91. The standard InChI is InChI=1S/C10H18O6/c1-2-16-10(7-13,3-8(14)5-11)4-9(15)6-12/h11-13H,2-7H2,1H3. The van der Waals surface area contributed by atoms with Crippen LogP contribution in [0, 0.1) is 0 Å². The number of aliphatic hydroxyl groups excluding tert-OH is 3. The van der Waals surface area contributed by atoms with E-state index in [4.69, 9.17) is 14.9 Å². The third-order valence-electron chi connectivity index (χ3n) is 2.13. The molecule has 0 atom stereocenters. The molecule has 0 saturated carbocycles. The first-order valence-electron chi connectivity index (χ1n) is 5.03. The van der Waals surface area contributed by atoms with Crippen molar-refractivity contribution in [3.63, 3.8) is 0 Å². The van der Waals surface area contributed by atoms with Gasteiger partial charge in [0.2, 0.25) is 0 Å². The number of ether oxygens (including phenoxy) is 1. The maximum absolute atomic E-state index is 11.1. The largest absolute Gasteiger partial charge is 0.393 e. The summed E-state index contributed by atoms with van der Waals surface area (Å²) in [6.45, 7) is 0.0395. The number of carbonyl (C=O) groups is 2. The molecule has 0 amide bonds. The van der Waals surface area contributed by atoms with E-state index in [-0.39, 0.29) is 19.4 Å². The third-order valence-corrected chi connectivity index (χ3v) is 2.13. The normalized spacial score (nSPS) is 11.5. The van der Waals surface area contributed by atoms with E-state index >= 15 is 0 Å². The van der Waals surface area contributed by atoms with Crippen molar-refractivity contribution >= 4 is 11.6 Å². The molecule has 94 valence electrons. The molecule has 0 unspecified atom stereocenters. The van der Waals surface area contributed by atoms with Gasteiger partial charge >= 0.3 is 0 Å². The molecule has 0 aromatic rings. The number of Topliss-reactive ketones (excluding diaryl/α,β-unsaturated/α-hetero) is 2. The summed E-state index contributed by atoms with van der Waals surface area (Å²) in [5.41, 5.74) is -1.33. The number of rotatable bonds is 9. The Morgan fingerprint density at radius 1 is 1.06 bits per heavy atom. The highest BCUT2D eigenvalue weighted by Crippen LogP contribution is 2.21. The molecule has 0 saturated heterocycles. The van der Waals surface area contributed by atoms with E-state index in [2.05, 4.69) is 0 Å². The highest BCUT2D eigenvalue weighted by Gasteiger charge is 2.34. The Labute approximate surface area is 93.8 Å². The summed E-state index contributed by atoms with van der Waals surface area (Å²) in [6, 6.07) is 0. The van der Waals surface area contributed by atoms with Gasteiger partial charge in [-0.1, -0.05) is 0 Å². The molecular formula is C10H18O6. The van der Waals surface area contributed by atoms with Crippen molar-refractivity contribution in [2.75, 3.05) is 26.4 Å². The molecule has 16 heavy (non-hydrogen) atoms. The number of aliphatic hydroxyl groups is 3.